The number of hydrogen-bond donors (Lipinski definition) is 2. The van der Waals surface area contributed by atoms with E-state index in [-0.39, 0.29) is 0 Å². The van der Waals surface area contributed by atoms with Gasteiger partial charge in [0.2, 0.25) is 5.95 Å². The Hall–Kier alpha value is -2.56. The minimum atomic E-state index is 0.625. The van der Waals surface area contributed by atoms with Gasteiger partial charge >= 0.3 is 0 Å². The van der Waals surface area contributed by atoms with Crippen LogP contribution < -0.4 is 10.6 Å². The molecule has 1 aliphatic heterocycles. The largest absolute Gasteiger partial charge is 0.385 e. The summed E-state index contributed by atoms with van der Waals surface area (Å²) in [6, 6.07) is 12.2. The first-order valence-electron chi connectivity index (χ1n) is 6.84. The summed E-state index contributed by atoms with van der Waals surface area (Å²) in [6.45, 7) is 1.06. The first-order valence-corrected chi connectivity index (χ1v) is 6.84. The summed E-state index contributed by atoms with van der Waals surface area (Å²) in [5.41, 5.74) is 4.47. The number of aryl methyl sites for hydroxylation is 1. The van der Waals surface area contributed by atoms with E-state index in [1.54, 1.807) is 4.52 Å². The Morgan fingerprint density at radius 2 is 2.20 bits per heavy atom. The first kappa shape index (κ1) is 11.3. The third-order valence-corrected chi connectivity index (χ3v) is 3.54. The quantitative estimate of drug-likeness (QED) is 0.748. The number of hydrogen-bond acceptors (Lipinski definition) is 4. The molecule has 0 bridgehead atoms. The van der Waals surface area contributed by atoms with Crippen molar-refractivity contribution in [1.82, 2.24) is 14.6 Å². The number of benzene rings is 1. The fourth-order valence-electron chi connectivity index (χ4n) is 2.57. The molecule has 0 atom stereocenters. The third-order valence-electron chi connectivity index (χ3n) is 3.54. The number of anilines is 3. The molecule has 0 spiro atoms. The van der Waals surface area contributed by atoms with Crippen molar-refractivity contribution in [1.29, 1.82) is 0 Å². The van der Waals surface area contributed by atoms with Crippen molar-refractivity contribution in [3.63, 3.8) is 0 Å². The maximum Gasteiger partial charge on any atom is 0.247 e. The molecule has 20 heavy (non-hydrogen) atoms. The van der Waals surface area contributed by atoms with Crippen LogP contribution in [0.3, 0.4) is 0 Å². The van der Waals surface area contributed by atoms with Crippen molar-refractivity contribution in [3.8, 4) is 0 Å². The molecule has 3 heterocycles. The van der Waals surface area contributed by atoms with Gasteiger partial charge in [0, 0.05) is 24.1 Å². The van der Waals surface area contributed by atoms with Crippen molar-refractivity contribution >= 4 is 23.0 Å². The average molecular weight is 265 g/mol. The summed E-state index contributed by atoms with van der Waals surface area (Å²) in [5.74, 6) is 0.625. The Morgan fingerprint density at radius 1 is 1.20 bits per heavy atom. The lowest BCUT2D eigenvalue weighted by Crippen LogP contribution is -2.11. The van der Waals surface area contributed by atoms with E-state index in [1.165, 1.54) is 17.7 Å². The number of nitrogens with one attached hydrogen (secondary N) is 2. The first-order chi connectivity index (χ1) is 9.88. The van der Waals surface area contributed by atoms with Crippen molar-refractivity contribution in [2.24, 2.45) is 0 Å². The van der Waals surface area contributed by atoms with Gasteiger partial charge in [0.1, 0.15) is 0 Å². The molecule has 2 N–H and O–H groups in total. The predicted octanol–water partition coefficient (Wildman–Crippen LogP) is 2.83. The molecule has 5 heteroatoms. The molecule has 1 aliphatic rings. The van der Waals surface area contributed by atoms with Crippen molar-refractivity contribution in [3.05, 3.63) is 48.2 Å². The standard InChI is InChI=1S/C15H15N5/c1-2-9-20-14(5-1)18-15(19-20)17-12-6-7-13-11(10-12)4-3-8-16-13/h1-2,5-7,9-10,16H,3-4,8H2,(H,17,19). The molecule has 5 nitrogen and oxygen atoms in total. The molecule has 0 amide bonds. The molecular formula is C15H15N5. The molecule has 1 aromatic carbocycles. The zero-order valence-corrected chi connectivity index (χ0v) is 11.0. The van der Waals surface area contributed by atoms with Crippen LogP contribution in [0.1, 0.15) is 12.0 Å². The maximum atomic E-state index is 4.45. The summed E-state index contributed by atoms with van der Waals surface area (Å²) in [6.07, 6.45) is 4.20. The lowest BCUT2D eigenvalue weighted by atomic mass is 10.0. The minimum absolute atomic E-state index is 0.625. The highest BCUT2D eigenvalue weighted by atomic mass is 15.3. The van der Waals surface area contributed by atoms with E-state index in [9.17, 15) is 0 Å². The van der Waals surface area contributed by atoms with Crippen LogP contribution in [0.15, 0.2) is 42.6 Å². The van der Waals surface area contributed by atoms with Crippen LogP contribution in [0.5, 0.6) is 0 Å². The molecule has 0 saturated heterocycles. The molecule has 2 aromatic heterocycles. The van der Waals surface area contributed by atoms with Gasteiger partial charge in [0.25, 0.3) is 0 Å². The van der Waals surface area contributed by atoms with Gasteiger partial charge in [0.05, 0.1) is 0 Å². The summed E-state index contributed by atoms with van der Waals surface area (Å²) >= 11 is 0. The molecule has 0 saturated carbocycles. The topological polar surface area (TPSA) is 54.2 Å². The van der Waals surface area contributed by atoms with E-state index >= 15 is 0 Å². The van der Waals surface area contributed by atoms with Gasteiger partial charge in [-0.25, -0.2) is 4.52 Å². The highest BCUT2D eigenvalue weighted by molar-refractivity contribution is 5.64. The SMILES string of the molecule is c1ccn2nc(Nc3ccc4c(c3)CCCN4)nc2c1. The summed E-state index contributed by atoms with van der Waals surface area (Å²) in [4.78, 5) is 4.45. The second kappa shape index (κ2) is 4.52. The van der Waals surface area contributed by atoms with Crippen LogP contribution in [-0.4, -0.2) is 21.1 Å². The van der Waals surface area contributed by atoms with E-state index in [1.807, 2.05) is 24.4 Å². The number of aromatic nitrogens is 3. The fraction of sp³-hybridized carbons (Fsp3) is 0.200. The number of pyridine rings is 1. The lowest BCUT2D eigenvalue weighted by molar-refractivity contribution is 0.830. The average Bonchev–Trinajstić information content (AvgIpc) is 2.89. The second-order valence-corrected chi connectivity index (χ2v) is 4.97. The van der Waals surface area contributed by atoms with Crippen LogP contribution in [0.25, 0.3) is 5.65 Å². The fourth-order valence-corrected chi connectivity index (χ4v) is 2.57. The molecule has 3 aromatic rings. The molecule has 0 radical (unpaired) electrons. The van der Waals surface area contributed by atoms with Gasteiger partial charge in [-0.1, -0.05) is 6.07 Å². The zero-order valence-electron chi connectivity index (χ0n) is 11.0. The van der Waals surface area contributed by atoms with Gasteiger partial charge in [0.15, 0.2) is 5.65 Å². The van der Waals surface area contributed by atoms with Crippen LogP contribution >= 0.6 is 0 Å². The van der Waals surface area contributed by atoms with Crippen LogP contribution in [0, 0.1) is 0 Å². The Morgan fingerprint density at radius 3 is 3.15 bits per heavy atom. The molecule has 0 fully saturated rings. The van der Waals surface area contributed by atoms with E-state index in [0.29, 0.717) is 5.95 Å². The van der Waals surface area contributed by atoms with E-state index in [4.69, 9.17) is 0 Å². The Bertz CT molecular complexity index is 729. The molecule has 0 unspecified atom stereocenters. The minimum Gasteiger partial charge on any atom is -0.385 e. The van der Waals surface area contributed by atoms with Gasteiger partial charge in [-0.05, 0) is 48.7 Å². The van der Waals surface area contributed by atoms with E-state index in [2.05, 4.69) is 38.9 Å². The lowest BCUT2D eigenvalue weighted by Gasteiger charge is -2.18. The number of fused-ring (bicyclic) bond motifs is 2. The molecule has 4 rings (SSSR count). The van der Waals surface area contributed by atoms with E-state index < -0.39 is 0 Å². The van der Waals surface area contributed by atoms with Crippen LogP contribution in [0.4, 0.5) is 17.3 Å². The summed E-state index contributed by atoms with van der Waals surface area (Å²) in [5, 5.41) is 11.1. The van der Waals surface area contributed by atoms with Crippen LogP contribution in [0.2, 0.25) is 0 Å². The van der Waals surface area contributed by atoms with Crippen molar-refractivity contribution in [2.75, 3.05) is 17.2 Å². The smallest absolute Gasteiger partial charge is 0.247 e. The monoisotopic (exact) mass is 265 g/mol. The Kier molecular flexibility index (Phi) is 2.55. The second-order valence-electron chi connectivity index (χ2n) is 4.97. The summed E-state index contributed by atoms with van der Waals surface area (Å²) < 4.78 is 1.77. The van der Waals surface area contributed by atoms with Crippen LogP contribution in [-0.2, 0) is 6.42 Å². The predicted molar refractivity (Wildman–Crippen MR) is 79.5 cm³/mol. The van der Waals surface area contributed by atoms with Gasteiger partial charge in [-0.3, -0.25) is 0 Å². The number of rotatable bonds is 2. The van der Waals surface area contributed by atoms with Gasteiger partial charge in [-0.2, -0.15) is 4.98 Å². The highest BCUT2D eigenvalue weighted by Gasteiger charge is 2.09. The summed E-state index contributed by atoms with van der Waals surface area (Å²) in [7, 11) is 0. The molecular weight excluding hydrogens is 250 g/mol. The normalized spacial score (nSPS) is 13.8. The van der Waals surface area contributed by atoms with Gasteiger partial charge < -0.3 is 10.6 Å². The van der Waals surface area contributed by atoms with Crippen molar-refractivity contribution in [2.45, 2.75) is 12.8 Å². The van der Waals surface area contributed by atoms with Crippen molar-refractivity contribution < 1.29 is 0 Å². The highest BCUT2D eigenvalue weighted by Crippen LogP contribution is 2.26. The zero-order chi connectivity index (χ0) is 13.4. The van der Waals surface area contributed by atoms with E-state index in [0.717, 1.165) is 24.3 Å². The maximum absolute atomic E-state index is 4.45. The molecule has 100 valence electrons. The number of nitrogens with zero attached hydrogens (tertiary/aromatic N) is 3. The van der Waals surface area contributed by atoms with Gasteiger partial charge in [-0.15, -0.1) is 5.10 Å². The Labute approximate surface area is 116 Å². The molecule has 0 aliphatic carbocycles. The third kappa shape index (κ3) is 1.97. The Balaban J connectivity index is 1.65.